The van der Waals surface area contributed by atoms with Gasteiger partial charge in [-0.15, -0.1) is 28.1 Å². The third kappa shape index (κ3) is 4.90. The summed E-state index contributed by atoms with van der Waals surface area (Å²) >= 11 is 3.07. The van der Waals surface area contributed by atoms with E-state index in [1.165, 1.54) is 42.1 Å². The number of rotatable bonds is 7. The summed E-state index contributed by atoms with van der Waals surface area (Å²) in [5.74, 6) is 1.20. The number of imide groups is 1. The Bertz CT molecular complexity index is 905. The highest BCUT2D eigenvalue weighted by Gasteiger charge is 2.25. The fourth-order valence-corrected chi connectivity index (χ4v) is 5.46. The first-order chi connectivity index (χ1) is 14.0. The second-order valence-electron chi connectivity index (χ2n) is 7.11. The van der Waals surface area contributed by atoms with Gasteiger partial charge in [0.1, 0.15) is 0 Å². The van der Waals surface area contributed by atoms with Gasteiger partial charge in [0.15, 0.2) is 11.0 Å². The number of nitrogens with one attached hydrogen (secondary N) is 2. The molecular weight excluding hydrogens is 406 g/mol. The highest BCUT2D eigenvalue weighted by Crippen LogP contribution is 2.38. The number of aryl methyl sites for hydroxylation is 1. The van der Waals surface area contributed by atoms with Gasteiger partial charge in [0.25, 0.3) is 0 Å². The fraction of sp³-hybridized carbons (Fsp3) is 0.500. The van der Waals surface area contributed by atoms with Crippen molar-refractivity contribution >= 4 is 35.0 Å². The van der Waals surface area contributed by atoms with Crippen LogP contribution in [0.4, 0.5) is 4.79 Å². The summed E-state index contributed by atoms with van der Waals surface area (Å²) in [6.07, 6.45) is 6.53. The molecule has 156 valence electrons. The molecule has 2 heterocycles. The third-order valence-electron chi connectivity index (χ3n) is 5.13. The van der Waals surface area contributed by atoms with Crippen molar-refractivity contribution in [1.82, 2.24) is 25.4 Å². The van der Waals surface area contributed by atoms with Gasteiger partial charge in [0.2, 0.25) is 5.91 Å². The molecule has 1 aliphatic carbocycles. The van der Waals surface area contributed by atoms with E-state index in [4.69, 9.17) is 0 Å². The van der Waals surface area contributed by atoms with Crippen LogP contribution < -0.4 is 10.6 Å². The van der Waals surface area contributed by atoms with Gasteiger partial charge in [0, 0.05) is 18.5 Å². The third-order valence-corrected chi connectivity index (χ3v) is 7.44. The number of thioether (sulfide) groups is 1. The average molecular weight is 434 g/mol. The van der Waals surface area contributed by atoms with E-state index in [0.29, 0.717) is 11.7 Å². The van der Waals surface area contributed by atoms with Gasteiger partial charge in [-0.2, -0.15) is 0 Å². The van der Waals surface area contributed by atoms with Gasteiger partial charge in [-0.25, -0.2) is 4.79 Å². The van der Waals surface area contributed by atoms with Gasteiger partial charge < -0.3 is 5.32 Å². The van der Waals surface area contributed by atoms with Crippen molar-refractivity contribution in [2.24, 2.45) is 5.92 Å². The number of nitrogens with zero attached hydrogens (tertiary/aromatic N) is 3. The first-order valence-corrected chi connectivity index (χ1v) is 11.5. The first kappa shape index (κ1) is 21.6. The summed E-state index contributed by atoms with van der Waals surface area (Å²) in [7, 11) is 1.47. The second-order valence-corrected chi connectivity index (χ2v) is 9.55. The molecular formula is C20H27N5O2S2. The summed E-state index contributed by atoms with van der Waals surface area (Å²) in [4.78, 5) is 26.1. The van der Waals surface area contributed by atoms with Crippen LogP contribution in [0.15, 0.2) is 23.9 Å². The highest BCUT2D eigenvalue weighted by molar-refractivity contribution is 8.00. The Balaban J connectivity index is 1.82. The number of carbonyl (C=O) groups excluding carboxylic acids is 2. The maximum atomic E-state index is 12.2. The summed E-state index contributed by atoms with van der Waals surface area (Å²) in [6, 6.07) is 1.73. The lowest BCUT2D eigenvalue weighted by Crippen LogP contribution is -2.41. The van der Waals surface area contributed by atoms with Gasteiger partial charge in [0.05, 0.1) is 10.1 Å². The van der Waals surface area contributed by atoms with E-state index in [1.807, 2.05) is 4.57 Å². The molecule has 0 spiro atoms. The maximum absolute atomic E-state index is 12.2. The monoisotopic (exact) mass is 433 g/mol. The topological polar surface area (TPSA) is 88.9 Å². The Morgan fingerprint density at radius 2 is 2.28 bits per heavy atom. The lowest BCUT2D eigenvalue weighted by atomic mass is 9.87. The van der Waals surface area contributed by atoms with Gasteiger partial charge in [-0.05, 0) is 43.7 Å². The first-order valence-electron chi connectivity index (χ1n) is 9.82. The average Bonchev–Trinajstić information content (AvgIpc) is 3.31. The molecule has 0 bridgehead atoms. The molecule has 2 aromatic rings. The number of carbonyl (C=O) groups is 2. The molecule has 1 aliphatic rings. The van der Waals surface area contributed by atoms with Crippen LogP contribution in [0.3, 0.4) is 0 Å². The van der Waals surface area contributed by atoms with Crippen molar-refractivity contribution in [1.29, 1.82) is 0 Å². The van der Waals surface area contributed by atoms with Gasteiger partial charge >= 0.3 is 6.03 Å². The number of aromatic nitrogens is 3. The zero-order chi connectivity index (χ0) is 21.0. The maximum Gasteiger partial charge on any atom is 0.321 e. The van der Waals surface area contributed by atoms with Crippen molar-refractivity contribution in [3.63, 3.8) is 0 Å². The van der Waals surface area contributed by atoms with E-state index in [2.05, 4.69) is 40.4 Å². The summed E-state index contributed by atoms with van der Waals surface area (Å²) < 4.78 is 1.98. The Morgan fingerprint density at radius 3 is 2.97 bits per heavy atom. The molecule has 3 rings (SSSR count). The molecule has 2 aromatic heterocycles. The number of fused-ring (bicyclic) bond motifs is 1. The molecule has 9 heteroatoms. The van der Waals surface area contributed by atoms with E-state index in [9.17, 15) is 9.59 Å². The van der Waals surface area contributed by atoms with Crippen molar-refractivity contribution in [2.75, 3.05) is 7.05 Å². The highest BCUT2D eigenvalue weighted by atomic mass is 32.2. The zero-order valence-corrected chi connectivity index (χ0v) is 18.7. The van der Waals surface area contributed by atoms with Crippen molar-refractivity contribution < 1.29 is 9.59 Å². The van der Waals surface area contributed by atoms with E-state index >= 15 is 0 Å². The normalized spacial score (nSPS) is 16.7. The minimum atomic E-state index is -0.523. The van der Waals surface area contributed by atoms with Crippen LogP contribution in [0, 0.1) is 5.92 Å². The molecule has 0 unspecified atom stereocenters. The van der Waals surface area contributed by atoms with E-state index in [1.54, 1.807) is 24.3 Å². The van der Waals surface area contributed by atoms with Crippen LogP contribution in [0.1, 0.15) is 37.1 Å². The van der Waals surface area contributed by atoms with Crippen molar-refractivity contribution in [3.05, 3.63) is 29.2 Å². The number of amides is 3. The molecule has 0 radical (unpaired) electrons. The minimum absolute atomic E-state index is 0.374. The van der Waals surface area contributed by atoms with Crippen LogP contribution in [-0.2, 0) is 24.2 Å². The summed E-state index contributed by atoms with van der Waals surface area (Å²) in [6.45, 7) is 8.40. The number of urea groups is 1. The zero-order valence-electron chi connectivity index (χ0n) is 17.0. The van der Waals surface area contributed by atoms with E-state index in [0.717, 1.165) is 29.5 Å². The molecule has 2 atom stereocenters. The smallest absolute Gasteiger partial charge is 0.321 e. The molecule has 7 nitrogen and oxygen atoms in total. The molecule has 0 fully saturated rings. The molecule has 0 saturated heterocycles. The molecule has 2 N–H and O–H groups in total. The minimum Gasteiger partial charge on any atom is -0.341 e. The predicted molar refractivity (Wildman–Crippen MR) is 117 cm³/mol. The van der Waals surface area contributed by atoms with Crippen LogP contribution >= 0.6 is 23.1 Å². The number of thiophene rings is 1. The van der Waals surface area contributed by atoms with Crippen LogP contribution in [0.5, 0.6) is 0 Å². The van der Waals surface area contributed by atoms with Crippen molar-refractivity contribution in [2.45, 2.75) is 56.5 Å². The second kappa shape index (κ2) is 9.58. The molecule has 3 amide bonds. The Kier molecular flexibility index (Phi) is 7.13. The van der Waals surface area contributed by atoms with Crippen molar-refractivity contribution in [3.8, 4) is 10.7 Å². The quantitative estimate of drug-likeness (QED) is 0.514. The standard InChI is InChI=1S/C20H27N5O2S2/c1-5-9-25-17(16-11-14-10-13(6-2)7-8-15(14)29-16)23-24-20(25)28-12(3)18(26)22-19(27)21-4/h5,11-13H,1,6-10H2,2-4H3,(H2,21,22,26,27)/t12-,13+/m1/s1. The Morgan fingerprint density at radius 1 is 1.48 bits per heavy atom. The van der Waals surface area contributed by atoms with Gasteiger partial charge in [-0.3, -0.25) is 14.7 Å². The summed E-state index contributed by atoms with van der Waals surface area (Å²) in [5.41, 5.74) is 1.43. The van der Waals surface area contributed by atoms with Crippen LogP contribution in [0.2, 0.25) is 0 Å². The number of hydrogen-bond donors (Lipinski definition) is 2. The van der Waals surface area contributed by atoms with E-state index < -0.39 is 11.3 Å². The van der Waals surface area contributed by atoms with Crippen LogP contribution in [0.25, 0.3) is 10.7 Å². The predicted octanol–water partition coefficient (Wildman–Crippen LogP) is 3.64. The Labute approximate surface area is 179 Å². The number of hydrogen-bond acceptors (Lipinski definition) is 6. The van der Waals surface area contributed by atoms with Crippen LogP contribution in [-0.4, -0.2) is 39.0 Å². The lowest BCUT2D eigenvalue weighted by Gasteiger charge is -2.19. The number of allylic oxidation sites excluding steroid dienone is 1. The molecule has 0 aliphatic heterocycles. The largest absolute Gasteiger partial charge is 0.341 e. The lowest BCUT2D eigenvalue weighted by molar-refractivity contribution is -0.119. The molecule has 0 aromatic carbocycles. The summed E-state index contributed by atoms with van der Waals surface area (Å²) in [5, 5.41) is 13.6. The molecule has 0 saturated carbocycles. The molecule has 29 heavy (non-hydrogen) atoms. The fourth-order valence-electron chi connectivity index (χ4n) is 3.40. The van der Waals surface area contributed by atoms with Gasteiger partial charge in [-0.1, -0.05) is 31.2 Å². The SMILES string of the molecule is C=CCn1c(S[C@H](C)C(=O)NC(=O)NC)nnc1-c1cc2c(s1)CC[C@H](CC)C2. The van der Waals surface area contributed by atoms with E-state index in [-0.39, 0.29) is 5.91 Å². The Hall–Kier alpha value is -2.13.